The second-order valence-corrected chi connectivity index (χ2v) is 2.90. The molecule has 6 heteroatoms. The van der Waals surface area contributed by atoms with E-state index in [0.29, 0.717) is 11.5 Å². The lowest BCUT2D eigenvalue weighted by Gasteiger charge is -1.88. The zero-order chi connectivity index (χ0) is 8.55. The van der Waals surface area contributed by atoms with Crippen molar-refractivity contribution in [1.82, 2.24) is 18.5 Å². The summed E-state index contributed by atoms with van der Waals surface area (Å²) in [6, 6.07) is 1.85. The van der Waals surface area contributed by atoms with E-state index in [1.165, 1.54) is 0 Å². The van der Waals surface area contributed by atoms with Crippen LogP contribution in [0.5, 0.6) is 0 Å². The first kappa shape index (κ1) is 7.23. The number of aromatic nitrogens is 4. The summed E-state index contributed by atoms with van der Waals surface area (Å²) in [4.78, 5) is 0. The zero-order valence-corrected chi connectivity index (χ0v) is 7.25. The van der Waals surface area contributed by atoms with Gasteiger partial charge in [-0.05, 0) is 6.07 Å². The number of anilines is 1. The maximum Gasteiger partial charge on any atom is 0.167 e. The summed E-state index contributed by atoms with van der Waals surface area (Å²) in [6.45, 7) is 0. The van der Waals surface area contributed by atoms with Crippen LogP contribution in [0.2, 0.25) is 0 Å². The van der Waals surface area contributed by atoms with E-state index in [9.17, 15) is 0 Å². The van der Waals surface area contributed by atoms with E-state index < -0.39 is 0 Å². The summed E-state index contributed by atoms with van der Waals surface area (Å²) in [6.07, 6.45) is 1.84. The van der Waals surface area contributed by atoms with Crippen molar-refractivity contribution in [3.63, 3.8) is 0 Å². The molecule has 0 saturated heterocycles. The second-order valence-electron chi connectivity index (χ2n) is 2.37. The van der Waals surface area contributed by atoms with E-state index in [2.05, 4.69) is 13.8 Å². The van der Waals surface area contributed by atoms with Gasteiger partial charge in [0, 0.05) is 13.2 Å². The van der Waals surface area contributed by atoms with Crippen LogP contribution in [0.25, 0.3) is 11.4 Å². The highest BCUT2D eigenvalue weighted by molar-refractivity contribution is 6.99. The SMILES string of the molecule is Cn1ccc(-c2nsnc2N)n1. The Kier molecular flexibility index (Phi) is 1.54. The summed E-state index contributed by atoms with van der Waals surface area (Å²) in [5.74, 6) is 0.443. The van der Waals surface area contributed by atoms with Gasteiger partial charge in [-0.2, -0.15) is 13.8 Å². The smallest absolute Gasteiger partial charge is 0.167 e. The minimum atomic E-state index is 0.443. The minimum absolute atomic E-state index is 0.443. The molecule has 62 valence electrons. The summed E-state index contributed by atoms with van der Waals surface area (Å²) in [5, 5.41) is 4.15. The van der Waals surface area contributed by atoms with Crippen LogP contribution in [0.1, 0.15) is 0 Å². The number of hydrogen-bond donors (Lipinski definition) is 1. The fourth-order valence-corrected chi connectivity index (χ4v) is 1.40. The topological polar surface area (TPSA) is 69.6 Å². The van der Waals surface area contributed by atoms with Crippen LogP contribution in [-0.2, 0) is 7.05 Å². The van der Waals surface area contributed by atoms with Crippen molar-refractivity contribution >= 4 is 17.5 Å². The van der Waals surface area contributed by atoms with E-state index in [1.54, 1.807) is 4.68 Å². The fourth-order valence-electron chi connectivity index (χ4n) is 0.915. The van der Waals surface area contributed by atoms with Crippen molar-refractivity contribution in [2.75, 3.05) is 5.73 Å². The van der Waals surface area contributed by atoms with Gasteiger partial charge in [-0.3, -0.25) is 4.68 Å². The third kappa shape index (κ3) is 1.06. The first-order chi connectivity index (χ1) is 5.77. The van der Waals surface area contributed by atoms with Crippen molar-refractivity contribution in [3.05, 3.63) is 12.3 Å². The summed E-state index contributed by atoms with van der Waals surface area (Å²) < 4.78 is 9.59. The zero-order valence-electron chi connectivity index (χ0n) is 6.43. The van der Waals surface area contributed by atoms with Crippen LogP contribution in [0.4, 0.5) is 5.82 Å². The lowest BCUT2D eigenvalue weighted by molar-refractivity contribution is 0.770. The molecule has 2 rings (SSSR count). The first-order valence-electron chi connectivity index (χ1n) is 3.35. The van der Waals surface area contributed by atoms with E-state index >= 15 is 0 Å². The Morgan fingerprint density at radius 3 is 2.83 bits per heavy atom. The highest BCUT2D eigenvalue weighted by Gasteiger charge is 2.08. The van der Waals surface area contributed by atoms with E-state index in [1.807, 2.05) is 19.3 Å². The number of nitrogens with zero attached hydrogens (tertiary/aromatic N) is 4. The average Bonchev–Trinajstić information content (AvgIpc) is 2.58. The maximum atomic E-state index is 5.57. The minimum Gasteiger partial charge on any atom is -0.381 e. The number of hydrogen-bond acceptors (Lipinski definition) is 5. The molecule has 0 aliphatic rings. The third-order valence-electron chi connectivity index (χ3n) is 1.47. The normalized spacial score (nSPS) is 10.4. The molecule has 2 N–H and O–H groups in total. The monoisotopic (exact) mass is 181 g/mol. The van der Waals surface area contributed by atoms with Crippen molar-refractivity contribution < 1.29 is 0 Å². The molecule has 0 atom stereocenters. The van der Waals surface area contributed by atoms with Crippen molar-refractivity contribution in [2.45, 2.75) is 0 Å². The third-order valence-corrected chi connectivity index (χ3v) is 2.01. The predicted molar refractivity (Wildman–Crippen MR) is 46.5 cm³/mol. The molecule has 0 amide bonds. The second kappa shape index (κ2) is 2.56. The first-order valence-corrected chi connectivity index (χ1v) is 4.08. The lowest BCUT2D eigenvalue weighted by Crippen LogP contribution is -1.91. The van der Waals surface area contributed by atoms with Gasteiger partial charge in [-0.25, -0.2) is 0 Å². The number of nitrogen functional groups attached to an aromatic ring is 1. The Labute approximate surface area is 73.2 Å². The van der Waals surface area contributed by atoms with Gasteiger partial charge in [0.15, 0.2) is 5.82 Å². The molecule has 0 spiro atoms. The number of nitrogens with two attached hydrogens (primary N) is 1. The lowest BCUT2D eigenvalue weighted by atomic mass is 10.3. The Morgan fingerprint density at radius 2 is 2.33 bits per heavy atom. The quantitative estimate of drug-likeness (QED) is 0.696. The molecular weight excluding hydrogens is 174 g/mol. The predicted octanol–water partition coefficient (Wildman–Crippen LogP) is 0.521. The van der Waals surface area contributed by atoms with E-state index in [4.69, 9.17) is 5.73 Å². The van der Waals surface area contributed by atoms with Crippen LogP contribution < -0.4 is 5.73 Å². The van der Waals surface area contributed by atoms with Gasteiger partial charge in [-0.1, -0.05) is 0 Å². The Bertz CT molecular complexity index is 390. The molecule has 0 fully saturated rings. The van der Waals surface area contributed by atoms with Crippen LogP contribution in [-0.4, -0.2) is 18.5 Å². The summed E-state index contributed by atoms with van der Waals surface area (Å²) >= 11 is 1.10. The van der Waals surface area contributed by atoms with E-state index in [0.717, 1.165) is 17.4 Å². The van der Waals surface area contributed by atoms with Crippen molar-refractivity contribution in [2.24, 2.45) is 7.05 Å². The molecule has 12 heavy (non-hydrogen) atoms. The molecule has 0 aliphatic carbocycles. The number of rotatable bonds is 1. The molecule has 0 aliphatic heterocycles. The Hall–Kier alpha value is -1.43. The maximum absolute atomic E-state index is 5.57. The van der Waals surface area contributed by atoms with E-state index in [-0.39, 0.29) is 0 Å². The van der Waals surface area contributed by atoms with Gasteiger partial charge >= 0.3 is 0 Å². The van der Waals surface area contributed by atoms with Crippen LogP contribution in [0.3, 0.4) is 0 Å². The van der Waals surface area contributed by atoms with Crippen molar-refractivity contribution in [1.29, 1.82) is 0 Å². The van der Waals surface area contributed by atoms with Gasteiger partial charge in [0.2, 0.25) is 0 Å². The molecule has 0 aromatic carbocycles. The molecular formula is C6H7N5S. The molecule has 2 aromatic rings. The molecule has 2 heterocycles. The highest BCUT2D eigenvalue weighted by atomic mass is 32.1. The van der Waals surface area contributed by atoms with Gasteiger partial charge in [0.05, 0.1) is 11.7 Å². The highest BCUT2D eigenvalue weighted by Crippen LogP contribution is 2.20. The van der Waals surface area contributed by atoms with Crippen LogP contribution in [0, 0.1) is 0 Å². The van der Waals surface area contributed by atoms with Crippen molar-refractivity contribution in [3.8, 4) is 11.4 Å². The fraction of sp³-hybridized carbons (Fsp3) is 0.167. The molecule has 0 bridgehead atoms. The van der Waals surface area contributed by atoms with Crippen LogP contribution in [0.15, 0.2) is 12.3 Å². The standard InChI is InChI=1S/C6H7N5S/c1-11-3-2-4(8-11)5-6(7)10-12-9-5/h2-3H,1H3,(H2,7,10). The Morgan fingerprint density at radius 1 is 1.50 bits per heavy atom. The number of aryl methyl sites for hydroxylation is 1. The molecule has 2 aromatic heterocycles. The van der Waals surface area contributed by atoms with Gasteiger partial charge in [0.1, 0.15) is 11.4 Å². The largest absolute Gasteiger partial charge is 0.381 e. The van der Waals surface area contributed by atoms with Crippen LogP contribution >= 0.6 is 11.7 Å². The molecule has 5 nitrogen and oxygen atoms in total. The Balaban J connectivity index is 2.50. The molecule has 0 radical (unpaired) electrons. The van der Waals surface area contributed by atoms with Gasteiger partial charge in [-0.15, -0.1) is 0 Å². The molecule has 0 saturated carbocycles. The average molecular weight is 181 g/mol. The summed E-state index contributed by atoms with van der Waals surface area (Å²) in [7, 11) is 1.85. The summed E-state index contributed by atoms with van der Waals surface area (Å²) in [5.41, 5.74) is 7.00. The van der Waals surface area contributed by atoms with Gasteiger partial charge in [0.25, 0.3) is 0 Å². The van der Waals surface area contributed by atoms with Gasteiger partial charge < -0.3 is 5.73 Å². The molecule has 0 unspecified atom stereocenters.